The Balaban J connectivity index is 1.42. The van der Waals surface area contributed by atoms with Crippen LogP contribution in [0, 0.1) is 6.92 Å². The van der Waals surface area contributed by atoms with Crippen molar-refractivity contribution in [1.29, 1.82) is 0 Å². The molecule has 2 fully saturated rings. The molecule has 0 unspecified atom stereocenters. The molecule has 144 valence electrons. The number of nitrogens with zero attached hydrogens (tertiary/aromatic N) is 2. The van der Waals surface area contributed by atoms with E-state index in [4.69, 9.17) is 0 Å². The van der Waals surface area contributed by atoms with Gasteiger partial charge in [0.15, 0.2) is 0 Å². The molecule has 2 heterocycles. The van der Waals surface area contributed by atoms with Crippen molar-refractivity contribution in [3.63, 3.8) is 0 Å². The van der Waals surface area contributed by atoms with Gasteiger partial charge >= 0.3 is 0 Å². The van der Waals surface area contributed by atoms with Crippen LogP contribution in [0.15, 0.2) is 18.2 Å². The molecule has 2 saturated heterocycles. The average molecular weight is 376 g/mol. The number of aryl methyl sites for hydroxylation is 2. The van der Waals surface area contributed by atoms with Crippen LogP contribution in [0.25, 0.3) is 0 Å². The minimum atomic E-state index is 0.140. The molecule has 5 heteroatoms. The molecule has 0 radical (unpaired) electrons. The van der Waals surface area contributed by atoms with Crippen molar-refractivity contribution >= 4 is 23.4 Å². The minimum Gasteiger partial charge on any atom is -0.326 e. The quantitative estimate of drug-likeness (QED) is 0.827. The van der Waals surface area contributed by atoms with Crippen LogP contribution in [0.3, 0.4) is 0 Å². The predicted octanol–water partition coefficient (Wildman–Crippen LogP) is 3.40. The standard InChI is InChI=1S/C21H33N3OS/c1-3-18-6-4-5-17(2)21(18)22-20(25)7-10-23-11-13-24(14-12-23)19-8-15-26-16-9-19/h4-6,19H,3,7-16H2,1-2H3,(H,22,25). The highest BCUT2D eigenvalue weighted by atomic mass is 32.2. The van der Waals surface area contributed by atoms with E-state index in [0.29, 0.717) is 6.42 Å². The second kappa shape index (κ2) is 9.77. The van der Waals surface area contributed by atoms with Crippen molar-refractivity contribution in [2.45, 2.75) is 45.6 Å². The number of rotatable bonds is 6. The van der Waals surface area contributed by atoms with E-state index in [9.17, 15) is 4.79 Å². The molecule has 0 bridgehead atoms. The van der Waals surface area contributed by atoms with Crippen LogP contribution in [0.5, 0.6) is 0 Å². The maximum absolute atomic E-state index is 12.4. The molecule has 0 aliphatic carbocycles. The number of carbonyl (C=O) groups excluding carboxylic acids is 1. The Kier molecular flexibility index (Phi) is 7.41. The second-order valence-corrected chi connectivity index (χ2v) is 8.71. The van der Waals surface area contributed by atoms with E-state index in [1.807, 2.05) is 0 Å². The van der Waals surface area contributed by atoms with Crippen molar-refractivity contribution in [3.05, 3.63) is 29.3 Å². The molecule has 26 heavy (non-hydrogen) atoms. The van der Waals surface area contributed by atoms with Crippen LogP contribution in [0.4, 0.5) is 5.69 Å². The van der Waals surface area contributed by atoms with E-state index in [0.717, 1.165) is 56.4 Å². The number of hydrogen-bond acceptors (Lipinski definition) is 4. The number of anilines is 1. The van der Waals surface area contributed by atoms with E-state index < -0.39 is 0 Å². The summed E-state index contributed by atoms with van der Waals surface area (Å²) in [5.74, 6) is 2.79. The van der Waals surface area contributed by atoms with Crippen molar-refractivity contribution in [3.8, 4) is 0 Å². The summed E-state index contributed by atoms with van der Waals surface area (Å²) in [6, 6.07) is 7.03. The lowest BCUT2D eigenvalue weighted by Crippen LogP contribution is -2.51. The molecule has 4 nitrogen and oxygen atoms in total. The summed E-state index contributed by atoms with van der Waals surface area (Å²) in [5, 5.41) is 3.15. The van der Waals surface area contributed by atoms with Crippen LogP contribution in [0.2, 0.25) is 0 Å². The molecule has 1 amide bonds. The number of thioether (sulfide) groups is 1. The number of hydrogen-bond donors (Lipinski definition) is 1. The van der Waals surface area contributed by atoms with Crippen molar-refractivity contribution in [2.24, 2.45) is 0 Å². The molecular formula is C21H33N3OS. The maximum atomic E-state index is 12.4. The van der Waals surface area contributed by atoms with Crippen LogP contribution in [0.1, 0.15) is 37.3 Å². The Labute approximate surface area is 162 Å². The molecule has 2 aliphatic heterocycles. The highest BCUT2D eigenvalue weighted by Crippen LogP contribution is 2.23. The van der Waals surface area contributed by atoms with Gasteiger partial charge in [0.1, 0.15) is 0 Å². The third-order valence-corrected chi connectivity index (χ3v) is 6.82. The fraction of sp³-hybridized carbons (Fsp3) is 0.667. The van der Waals surface area contributed by atoms with Gasteiger partial charge in [-0.15, -0.1) is 0 Å². The van der Waals surface area contributed by atoms with Gasteiger partial charge in [0.05, 0.1) is 0 Å². The lowest BCUT2D eigenvalue weighted by molar-refractivity contribution is -0.116. The first kappa shape index (κ1) is 19.7. The minimum absolute atomic E-state index is 0.140. The Morgan fingerprint density at radius 2 is 1.92 bits per heavy atom. The third-order valence-electron chi connectivity index (χ3n) is 5.77. The van der Waals surface area contributed by atoms with Gasteiger partial charge in [0, 0.05) is 50.9 Å². The fourth-order valence-corrected chi connectivity index (χ4v) is 5.15. The molecule has 0 atom stereocenters. The molecule has 0 saturated carbocycles. The first-order valence-electron chi connectivity index (χ1n) is 10.1. The number of piperazine rings is 1. The number of carbonyl (C=O) groups is 1. The van der Waals surface area contributed by atoms with Gasteiger partial charge in [-0.1, -0.05) is 25.1 Å². The van der Waals surface area contributed by atoms with Crippen LogP contribution < -0.4 is 5.32 Å². The first-order valence-corrected chi connectivity index (χ1v) is 11.3. The van der Waals surface area contributed by atoms with Gasteiger partial charge in [-0.2, -0.15) is 11.8 Å². The van der Waals surface area contributed by atoms with Crippen LogP contribution >= 0.6 is 11.8 Å². The monoisotopic (exact) mass is 375 g/mol. The van der Waals surface area contributed by atoms with E-state index in [2.05, 4.69) is 58.9 Å². The normalized spacial score (nSPS) is 20.2. The van der Waals surface area contributed by atoms with E-state index >= 15 is 0 Å². The van der Waals surface area contributed by atoms with Gasteiger partial charge in [0.2, 0.25) is 5.91 Å². The maximum Gasteiger partial charge on any atom is 0.225 e. The van der Waals surface area contributed by atoms with E-state index in [1.54, 1.807) is 0 Å². The molecule has 3 rings (SSSR count). The van der Waals surface area contributed by atoms with Crippen molar-refractivity contribution in [1.82, 2.24) is 9.80 Å². The SMILES string of the molecule is CCc1cccc(C)c1NC(=O)CCN1CCN(C2CCSCC2)CC1. The lowest BCUT2D eigenvalue weighted by atomic mass is 10.1. The highest BCUT2D eigenvalue weighted by molar-refractivity contribution is 7.99. The smallest absolute Gasteiger partial charge is 0.225 e. The number of benzene rings is 1. The molecule has 1 aromatic rings. The zero-order valence-electron chi connectivity index (χ0n) is 16.3. The van der Waals surface area contributed by atoms with Crippen molar-refractivity contribution < 1.29 is 4.79 Å². The van der Waals surface area contributed by atoms with Gasteiger partial charge in [0.25, 0.3) is 0 Å². The number of amides is 1. The molecule has 1 aromatic carbocycles. The van der Waals surface area contributed by atoms with E-state index in [-0.39, 0.29) is 5.91 Å². The first-order chi connectivity index (χ1) is 12.7. The van der Waals surface area contributed by atoms with Crippen LogP contribution in [-0.4, -0.2) is 66.0 Å². The Morgan fingerprint density at radius 3 is 2.62 bits per heavy atom. The van der Waals surface area contributed by atoms with Gasteiger partial charge < -0.3 is 10.2 Å². The zero-order valence-corrected chi connectivity index (χ0v) is 17.1. The molecule has 2 aliphatic rings. The highest BCUT2D eigenvalue weighted by Gasteiger charge is 2.25. The summed E-state index contributed by atoms with van der Waals surface area (Å²) < 4.78 is 0. The summed E-state index contributed by atoms with van der Waals surface area (Å²) >= 11 is 2.10. The summed E-state index contributed by atoms with van der Waals surface area (Å²) in [5.41, 5.74) is 3.38. The molecule has 1 N–H and O–H groups in total. The fourth-order valence-electron chi connectivity index (χ4n) is 4.07. The predicted molar refractivity (Wildman–Crippen MR) is 112 cm³/mol. The molecule has 0 aromatic heterocycles. The molecule has 0 spiro atoms. The summed E-state index contributed by atoms with van der Waals surface area (Å²) in [7, 11) is 0. The van der Waals surface area contributed by atoms with Gasteiger partial charge in [-0.25, -0.2) is 0 Å². The number of para-hydroxylation sites is 1. The third kappa shape index (κ3) is 5.24. The topological polar surface area (TPSA) is 35.6 Å². The summed E-state index contributed by atoms with van der Waals surface area (Å²) in [6.07, 6.45) is 4.23. The summed E-state index contributed by atoms with van der Waals surface area (Å²) in [4.78, 5) is 17.6. The average Bonchev–Trinajstić information content (AvgIpc) is 2.69. The Bertz CT molecular complexity index is 593. The van der Waals surface area contributed by atoms with E-state index in [1.165, 1.54) is 29.9 Å². The summed E-state index contributed by atoms with van der Waals surface area (Å²) in [6.45, 7) is 9.59. The lowest BCUT2D eigenvalue weighted by Gasteiger charge is -2.40. The second-order valence-electron chi connectivity index (χ2n) is 7.48. The van der Waals surface area contributed by atoms with Gasteiger partial charge in [-0.3, -0.25) is 9.69 Å². The zero-order chi connectivity index (χ0) is 18.4. The number of nitrogens with one attached hydrogen (secondary N) is 1. The van der Waals surface area contributed by atoms with Gasteiger partial charge in [-0.05, 0) is 48.8 Å². The largest absolute Gasteiger partial charge is 0.326 e. The Hall–Kier alpha value is -1.04. The Morgan fingerprint density at radius 1 is 1.19 bits per heavy atom. The van der Waals surface area contributed by atoms with Crippen molar-refractivity contribution in [2.75, 3.05) is 49.5 Å². The molecular weight excluding hydrogens is 342 g/mol. The van der Waals surface area contributed by atoms with Crippen LogP contribution in [-0.2, 0) is 11.2 Å².